The molecule has 0 spiro atoms. The van der Waals surface area contributed by atoms with Crippen molar-refractivity contribution in [3.05, 3.63) is 42.1 Å². The Kier molecular flexibility index (Phi) is 7.52. The summed E-state index contributed by atoms with van der Waals surface area (Å²) in [6, 6.07) is 5.41. The van der Waals surface area contributed by atoms with Gasteiger partial charge in [0.25, 0.3) is 5.91 Å². The van der Waals surface area contributed by atoms with Crippen molar-refractivity contribution >= 4 is 34.3 Å². The van der Waals surface area contributed by atoms with Gasteiger partial charge in [0.15, 0.2) is 11.5 Å². The van der Waals surface area contributed by atoms with Gasteiger partial charge in [-0.1, -0.05) is 19.3 Å². The molecule has 9 nitrogen and oxygen atoms in total. The molecule has 1 saturated carbocycles. The van der Waals surface area contributed by atoms with Crippen LogP contribution in [0.15, 0.2) is 35.1 Å². The minimum atomic E-state index is -0.575. The maximum absolute atomic E-state index is 12.8. The number of anilines is 2. The van der Waals surface area contributed by atoms with E-state index in [2.05, 4.69) is 22.5 Å². The molecule has 1 fully saturated rings. The zero-order valence-electron chi connectivity index (χ0n) is 19.9. The number of carbonyl (C=O) groups is 2. The van der Waals surface area contributed by atoms with Crippen LogP contribution >= 0.6 is 0 Å². The average Bonchev–Trinajstić information content (AvgIpc) is 3.50. The van der Waals surface area contributed by atoms with Crippen molar-refractivity contribution in [3.8, 4) is 0 Å². The second kappa shape index (κ2) is 10.7. The van der Waals surface area contributed by atoms with Crippen molar-refractivity contribution in [2.75, 3.05) is 31.5 Å². The molecule has 2 N–H and O–H groups in total. The van der Waals surface area contributed by atoms with Crippen molar-refractivity contribution in [1.29, 1.82) is 0 Å². The number of esters is 1. The maximum atomic E-state index is 12.8. The molecule has 182 valence electrons. The number of nitrogens with one attached hydrogen (secondary N) is 2. The number of pyridine rings is 1. The van der Waals surface area contributed by atoms with E-state index in [1.54, 1.807) is 30.0 Å². The van der Waals surface area contributed by atoms with Gasteiger partial charge in [-0.3, -0.25) is 4.79 Å². The van der Waals surface area contributed by atoms with Crippen LogP contribution in [0, 0.1) is 5.92 Å². The highest BCUT2D eigenvalue weighted by molar-refractivity contribution is 6.14. The van der Waals surface area contributed by atoms with Crippen molar-refractivity contribution < 1.29 is 23.5 Å². The summed E-state index contributed by atoms with van der Waals surface area (Å²) >= 11 is 0. The summed E-state index contributed by atoms with van der Waals surface area (Å²) < 4.78 is 17.3. The number of nitrogens with zero attached hydrogens (tertiary/aromatic N) is 2. The van der Waals surface area contributed by atoms with Crippen LogP contribution in [0.5, 0.6) is 0 Å². The largest absolute Gasteiger partial charge is 0.464 e. The molecule has 1 aliphatic carbocycles. The first-order valence-electron chi connectivity index (χ1n) is 11.7. The first-order valence-corrected chi connectivity index (χ1v) is 11.7. The summed E-state index contributed by atoms with van der Waals surface area (Å²) in [5.74, 6) is -0.287. The number of aromatic nitrogens is 2. The average molecular weight is 469 g/mol. The topological polar surface area (TPSA) is 108 Å². The van der Waals surface area contributed by atoms with Crippen molar-refractivity contribution in [2.45, 2.75) is 51.6 Å². The number of hydrogen-bond acceptors (Lipinski definition) is 7. The lowest BCUT2D eigenvalue weighted by atomic mass is 9.84. The number of hydrogen-bond donors (Lipinski definition) is 2. The van der Waals surface area contributed by atoms with Crippen molar-refractivity contribution in [3.63, 3.8) is 0 Å². The van der Waals surface area contributed by atoms with Gasteiger partial charge in [0, 0.05) is 25.1 Å². The van der Waals surface area contributed by atoms with Gasteiger partial charge in [-0.05, 0) is 43.9 Å². The van der Waals surface area contributed by atoms with E-state index in [0.29, 0.717) is 35.8 Å². The second-order valence-corrected chi connectivity index (χ2v) is 8.72. The third kappa shape index (κ3) is 4.94. The molecule has 0 aromatic carbocycles. The molecule has 0 saturated heterocycles. The Morgan fingerprint density at radius 1 is 1.26 bits per heavy atom. The van der Waals surface area contributed by atoms with E-state index in [4.69, 9.17) is 13.9 Å². The number of amides is 1. The third-order valence-electron chi connectivity index (χ3n) is 6.53. The van der Waals surface area contributed by atoms with E-state index in [0.717, 1.165) is 5.69 Å². The number of furan rings is 1. The van der Waals surface area contributed by atoms with Crippen LogP contribution in [-0.2, 0) is 16.0 Å². The van der Waals surface area contributed by atoms with E-state index in [1.807, 2.05) is 6.07 Å². The zero-order chi connectivity index (χ0) is 24.1. The Labute approximate surface area is 198 Å². The first kappa shape index (κ1) is 23.8. The molecule has 0 bridgehead atoms. The van der Waals surface area contributed by atoms with Crippen LogP contribution in [0.25, 0.3) is 11.0 Å². The van der Waals surface area contributed by atoms with Gasteiger partial charge in [-0.25, -0.2) is 9.78 Å². The molecular formula is C25H32N4O5. The fourth-order valence-corrected chi connectivity index (χ4v) is 4.74. The third-order valence-corrected chi connectivity index (χ3v) is 6.53. The number of fused-ring (bicyclic) bond motifs is 1. The van der Waals surface area contributed by atoms with E-state index >= 15 is 0 Å². The normalized spacial score (nSPS) is 15.3. The van der Waals surface area contributed by atoms with Gasteiger partial charge < -0.3 is 29.1 Å². The van der Waals surface area contributed by atoms with Crippen molar-refractivity contribution in [1.82, 2.24) is 9.55 Å². The lowest BCUT2D eigenvalue weighted by Gasteiger charge is -2.28. The van der Waals surface area contributed by atoms with Crippen molar-refractivity contribution in [2.24, 2.45) is 5.92 Å². The molecule has 0 unspecified atom stereocenters. The van der Waals surface area contributed by atoms with Crippen LogP contribution < -0.4 is 10.6 Å². The molecule has 3 heterocycles. The Bertz CT molecular complexity index is 1130. The minimum Gasteiger partial charge on any atom is -0.464 e. The Hall–Kier alpha value is -3.33. The predicted octanol–water partition coefficient (Wildman–Crippen LogP) is 4.70. The first-order chi connectivity index (χ1) is 16.5. The summed E-state index contributed by atoms with van der Waals surface area (Å²) in [5.41, 5.74) is 1.93. The van der Waals surface area contributed by atoms with E-state index < -0.39 is 11.9 Å². The minimum absolute atomic E-state index is 0.141. The monoisotopic (exact) mass is 468 g/mol. The number of ether oxygens (including phenoxy) is 2. The van der Waals surface area contributed by atoms with E-state index in [1.165, 1.54) is 45.5 Å². The molecular weight excluding hydrogens is 436 g/mol. The van der Waals surface area contributed by atoms with Crippen LogP contribution in [0.2, 0.25) is 0 Å². The van der Waals surface area contributed by atoms with E-state index in [-0.39, 0.29) is 17.5 Å². The summed E-state index contributed by atoms with van der Waals surface area (Å²) in [4.78, 5) is 30.3. The van der Waals surface area contributed by atoms with Crippen LogP contribution in [-0.4, -0.2) is 48.3 Å². The van der Waals surface area contributed by atoms with Crippen LogP contribution in [0.4, 0.5) is 11.4 Å². The molecule has 0 radical (unpaired) electrons. The van der Waals surface area contributed by atoms with Gasteiger partial charge >= 0.3 is 5.97 Å². The number of methoxy groups -OCH3 is 2. The Morgan fingerprint density at radius 2 is 2.06 bits per heavy atom. The van der Waals surface area contributed by atoms with Gasteiger partial charge in [0.2, 0.25) is 0 Å². The van der Waals surface area contributed by atoms with Gasteiger partial charge in [-0.2, -0.15) is 0 Å². The molecule has 3 aromatic rings. The molecule has 34 heavy (non-hydrogen) atoms. The fraction of sp³-hybridized carbons (Fsp3) is 0.480. The highest BCUT2D eigenvalue weighted by Crippen LogP contribution is 2.34. The Morgan fingerprint density at radius 3 is 2.74 bits per heavy atom. The SMILES string of the molecule is COCCn1c(C(=O)OC)c(NC(=O)c2ccco2)c2cc(N[C@H](C)C3CCCCC3)cnc21. The number of rotatable bonds is 9. The van der Waals surface area contributed by atoms with E-state index in [9.17, 15) is 9.59 Å². The predicted molar refractivity (Wildman–Crippen MR) is 129 cm³/mol. The molecule has 3 aromatic heterocycles. The quantitative estimate of drug-likeness (QED) is 0.439. The lowest BCUT2D eigenvalue weighted by Crippen LogP contribution is -2.27. The highest BCUT2D eigenvalue weighted by Gasteiger charge is 2.27. The lowest BCUT2D eigenvalue weighted by molar-refractivity contribution is 0.0588. The number of carbonyl (C=O) groups excluding carboxylic acids is 2. The summed E-state index contributed by atoms with van der Waals surface area (Å²) in [5, 5.41) is 7.07. The standard InChI is InChI=1S/C25H32N4O5/c1-16(17-8-5-4-6-9-17)27-18-14-19-21(28-24(30)20-10-7-12-34-20)22(25(31)33-3)29(11-13-32-2)23(19)26-15-18/h7,10,12,14-17,27H,4-6,8-9,11,13H2,1-3H3,(H,28,30)/t16-/m1/s1. The van der Waals surface area contributed by atoms with Gasteiger partial charge in [-0.15, -0.1) is 0 Å². The Balaban J connectivity index is 1.75. The molecule has 1 amide bonds. The van der Waals surface area contributed by atoms with Gasteiger partial charge in [0.05, 0.1) is 37.6 Å². The molecule has 1 aliphatic rings. The molecule has 9 heteroatoms. The fourth-order valence-electron chi connectivity index (χ4n) is 4.74. The molecule has 4 rings (SSSR count). The molecule has 0 aliphatic heterocycles. The maximum Gasteiger partial charge on any atom is 0.356 e. The van der Waals surface area contributed by atoms with Crippen LogP contribution in [0.1, 0.15) is 60.1 Å². The summed E-state index contributed by atoms with van der Waals surface area (Å²) in [7, 11) is 2.90. The summed E-state index contributed by atoms with van der Waals surface area (Å²) in [6.07, 6.45) is 9.46. The highest BCUT2D eigenvalue weighted by atomic mass is 16.5. The zero-order valence-corrected chi connectivity index (χ0v) is 19.9. The second-order valence-electron chi connectivity index (χ2n) is 8.72. The smallest absolute Gasteiger partial charge is 0.356 e. The van der Waals surface area contributed by atoms with Gasteiger partial charge in [0.1, 0.15) is 5.65 Å². The molecule has 1 atom stereocenters. The van der Waals surface area contributed by atoms with Crippen LogP contribution in [0.3, 0.4) is 0 Å². The summed E-state index contributed by atoms with van der Waals surface area (Å²) in [6.45, 7) is 2.93.